The Labute approximate surface area is 153 Å². The summed E-state index contributed by atoms with van der Waals surface area (Å²) < 4.78 is 11.0. The molecule has 0 radical (unpaired) electrons. The van der Waals surface area contributed by atoms with Gasteiger partial charge in [0.2, 0.25) is 5.91 Å². The predicted molar refractivity (Wildman–Crippen MR) is 99.4 cm³/mol. The molecule has 0 aromatic heterocycles. The van der Waals surface area contributed by atoms with Crippen LogP contribution in [0.5, 0.6) is 11.5 Å². The van der Waals surface area contributed by atoms with Crippen LogP contribution in [0.15, 0.2) is 18.2 Å². The van der Waals surface area contributed by atoms with Gasteiger partial charge in [0.05, 0.1) is 5.02 Å². The normalized spacial score (nSPS) is 17.6. The van der Waals surface area contributed by atoms with E-state index in [4.69, 9.17) is 21.1 Å². The third kappa shape index (κ3) is 5.38. The maximum Gasteiger partial charge on any atom is 0.243 e. The number of nitrogens with one attached hydrogen (secondary N) is 1. The zero-order valence-corrected chi connectivity index (χ0v) is 15.2. The summed E-state index contributed by atoms with van der Waals surface area (Å²) in [6, 6.07) is 3.61. The van der Waals surface area contributed by atoms with Gasteiger partial charge in [0.15, 0.2) is 11.5 Å². The molecular weight excluding hydrogens is 340 g/mol. The van der Waals surface area contributed by atoms with Gasteiger partial charge < -0.3 is 19.7 Å². The number of carbonyl (C=O) groups excluding carboxylic acids is 1. The number of hydrogen-bond donors (Lipinski definition) is 1. The summed E-state index contributed by atoms with van der Waals surface area (Å²) in [6.45, 7) is 5.15. The Morgan fingerprint density at radius 1 is 1.20 bits per heavy atom. The Bertz CT molecular complexity index is 627. The van der Waals surface area contributed by atoms with Crippen LogP contribution < -0.4 is 14.8 Å². The number of benzene rings is 1. The quantitative estimate of drug-likeness (QED) is 0.622. The first-order chi connectivity index (χ1) is 12.2. The van der Waals surface area contributed by atoms with Crippen LogP contribution in [0.1, 0.15) is 31.2 Å². The third-order valence-electron chi connectivity index (χ3n) is 4.45. The fourth-order valence-corrected chi connectivity index (χ4v) is 3.43. The van der Waals surface area contributed by atoms with Crippen molar-refractivity contribution in [1.82, 2.24) is 10.2 Å². The lowest BCUT2D eigenvalue weighted by Gasteiger charge is -2.26. The molecule has 1 aromatic carbocycles. The number of fused-ring (bicyclic) bond motifs is 1. The maximum absolute atomic E-state index is 11.9. The van der Waals surface area contributed by atoms with Gasteiger partial charge in [-0.15, -0.1) is 0 Å². The van der Waals surface area contributed by atoms with E-state index in [1.807, 2.05) is 6.07 Å². The summed E-state index contributed by atoms with van der Waals surface area (Å²) in [5.41, 5.74) is 0.817. The van der Waals surface area contributed by atoms with Gasteiger partial charge in [0.1, 0.15) is 13.2 Å². The fourth-order valence-electron chi connectivity index (χ4n) is 3.16. The lowest BCUT2D eigenvalue weighted by molar-refractivity contribution is -0.116. The minimum absolute atomic E-state index is 0.0929. The number of rotatable bonds is 6. The first-order valence-electron chi connectivity index (χ1n) is 9.00. The molecular formula is C19H25ClN2O3. The van der Waals surface area contributed by atoms with Crippen molar-refractivity contribution in [3.63, 3.8) is 0 Å². The molecule has 0 saturated carbocycles. The zero-order chi connectivity index (χ0) is 17.5. The molecule has 0 atom stereocenters. The summed E-state index contributed by atoms with van der Waals surface area (Å²) in [5, 5.41) is 3.43. The molecule has 2 heterocycles. The first-order valence-corrected chi connectivity index (χ1v) is 9.37. The fraction of sp³-hybridized carbons (Fsp3) is 0.526. The minimum atomic E-state index is -0.0929. The Morgan fingerprint density at radius 3 is 2.84 bits per heavy atom. The van der Waals surface area contributed by atoms with Crippen LogP contribution in [0.2, 0.25) is 5.02 Å². The van der Waals surface area contributed by atoms with Crippen LogP contribution in [0.4, 0.5) is 0 Å². The SMILES string of the molecule is O=C(/C=C/c1cc(Cl)c2c(c1)OCCO2)NCCCN1CCCCC1. The van der Waals surface area contributed by atoms with E-state index in [2.05, 4.69) is 10.2 Å². The topological polar surface area (TPSA) is 50.8 Å². The molecule has 3 rings (SSSR count). The standard InChI is InChI=1S/C19H25ClN2O3/c20-16-13-15(14-17-19(16)25-12-11-24-17)5-6-18(23)21-7-4-10-22-8-2-1-3-9-22/h5-6,13-14H,1-4,7-12H2,(H,21,23)/b6-5+. The smallest absolute Gasteiger partial charge is 0.243 e. The molecule has 0 spiro atoms. The van der Waals surface area contributed by atoms with Gasteiger partial charge in [0.25, 0.3) is 0 Å². The van der Waals surface area contributed by atoms with E-state index in [0.29, 0.717) is 36.3 Å². The highest BCUT2D eigenvalue weighted by molar-refractivity contribution is 6.32. The van der Waals surface area contributed by atoms with E-state index in [-0.39, 0.29) is 5.91 Å². The highest BCUT2D eigenvalue weighted by Crippen LogP contribution is 2.38. The number of ether oxygens (including phenoxy) is 2. The van der Waals surface area contributed by atoms with Gasteiger partial charge in [-0.2, -0.15) is 0 Å². The summed E-state index contributed by atoms with van der Waals surface area (Å²) in [4.78, 5) is 14.4. The van der Waals surface area contributed by atoms with Crippen LogP contribution in [0.25, 0.3) is 6.08 Å². The van der Waals surface area contributed by atoms with Gasteiger partial charge in [-0.1, -0.05) is 18.0 Å². The molecule has 1 fully saturated rings. The molecule has 1 saturated heterocycles. The number of hydrogen-bond acceptors (Lipinski definition) is 4. The first kappa shape index (κ1) is 18.1. The average Bonchev–Trinajstić information content (AvgIpc) is 2.64. The van der Waals surface area contributed by atoms with Gasteiger partial charge in [-0.05, 0) is 62.7 Å². The largest absolute Gasteiger partial charge is 0.486 e. The number of amides is 1. The van der Waals surface area contributed by atoms with E-state index < -0.39 is 0 Å². The zero-order valence-electron chi connectivity index (χ0n) is 14.4. The molecule has 6 heteroatoms. The Balaban J connectivity index is 1.43. The molecule has 2 aliphatic rings. The monoisotopic (exact) mass is 364 g/mol. The van der Waals surface area contributed by atoms with Crippen molar-refractivity contribution in [1.29, 1.82) is 0 Å². The van der Waals surface area contributed by atoms with Crippen molar-refractivity contribution < 1.29 is 14.3 Å². The second-order valence-corrected chi connectivity index (χ2v) is 6.81. The van der Waals surface area contributed by atoms with Crippen molar-refractivity contribution in [3.8, 4) is 11.5 Å². The molecule has 25 heavy (non-hydrogen) atoms. The second-order valence-electron chi connectivity index (χ2n) is 6.41. The van der Waals surface area contributed by atoms with Crippen molar-refractivity contribution >= 4 is 23.6 Å². The molecule has 0 unspecified atom stereocenters. The number of halogens is 1. The molecule has 136 valence electrons. The molecule has 0 bridgehead atoms. The van der Waals surface area contributed by atoms with E-state index in [1.54, 1.807) is 12.1 Å². The van der Waals surface area contributed by atoms with Crippen molar-refractivity contribution in [2.45, 2.75) is 25.7 Å². The van der Waals surface area contributed by atoms with Crippen molar-refractivity contribution in [2.75, 3.05) is 39.4 Å². The number of likely N-dealkylation sites (tertiary alicyclic amines) is 1. The van der Waals surface area contributed by atoms with Crippen LogP contribution in [-0.2, 0) is 4.79 Å². The van der Waals surface area contributed by atoms with Crippen LogP contribution in [0.3, 0.4) is 0 Å². The van der Waals surface area contributed by atoms with Gasteiger partial charge >= 0.3 is 0 Å². The third-order valence-corrected chi connectivity index (χ3v) is 4.73. The predicted octanol–water partition coefficient (Wildman–Crippen LogP) is 3.12. The van der Waals surface area contributed by atoms with E-state index in [1.165, 1.54) is 38.4 Å². The lowest BCUT2D eigenvalue weighted by Crippen LogP contribution is -2.33. The van der Waals surface area contributed by atoms with Gasteiger partial charge in [-0.25, -0.2) is 0 Å². The molecule has 1 N–H and O–H groups in total. The lowest BCUT2D eigenvalue weighted by atomic mass is 10.1. The van der Waals surface area contributed by atoms with Crippen molar-refractivity contribution in [2.24, 2.45) is 0 Å². The summed E-state index contributed by atoms with van der Waals surface area (Å²) in [6.07, 6.45) is 8.20. The molecule has 1 amide bonds. The van der Waals surface area contributed by atoms with E-state index in [0.717, 1.165) is 18.5 Å². The summed E-state index contributed by atoms with van der Waals surface area (Å²) in [5.74, 6) is 1.11. The van der Waals surface area contributed by atoms with Gasteiger partial charge in [0, 0.05) is 12.6 Å². The van der Waals surface area contributed by atoms with Crippen LogP contribution in [-0.4, -0.2) is 50.2 Å². The molecule has 1 aromatic rings. The highest BCUT2D eigenvalue weighted by atomic mass is 35.5. The van der Waals surface area contributed by atoms with Crippen molar-refractivity contribution in [3.05, 3.63) is 28.8 Å². The van der Waals surface area contributed by atoms with E-state index >= 15 is 0 Å². The average molecular weight is 365 g/mol. The number of carbonyl (C=O) groups is 1. The second kappa shape index (κ2) is 9.11. The molecule has 2 aliphatic heterocycles. The minimum Gasteiger partial charge on any atom is -0.486 e. The Hall–Kier alpha value is -1.72. The van der Waals surface area contributed by atoms with Crippen LogP contribution >= 0.6 is 11.6 Å². The number of nitrogens with zero attached hydrogens (tertiary/aromatic N) is 1. The molecule has 5 nitrogen and oxygen atoms in total. The Kier molecular flexibility index (Phi) is 6.59. The maximum atomic E-state index is 11.9. The molecule has 0 aliphatic carbocycles. The van der Waals surface area contributed by atoms with Crippen LogP contribution in [0, 0.1) is 0 Å². The van der Waals surface area contributed by atoms with Gasteiger partial charge in [-0.3, -0.25) is 4.79 Å². The number of piperidine rings is 1. The summed E-state index contributed by atoms with van der Waals surface area (Å²) >= 11 is 6.19. The highest BCUT2D eigenvalue weighted by Gasteiger charge is 2.16. The Morgan fingerprint density at radius 2 is 2.00 bits per heavy atom. The van der Waals surface area contributed by atoms with E-state index in [9.17, 15) is 4.79 Å². The summed E-state index contributed by atoms with van der Waals surface area (Å²) in [7, 11) is 0.